The van der Waals surface area contributed by atoms with E-state index in [-0.39, 0.29) is 6.10 Å². The van der Waals surface area contributed by atoms with Crippen molar-refractivity contribution in [3.05, 3.63) is 0 Å². The maximum atomic E-state index is 11.5. The standard InChI is InChI=1S/C10H18O6/c1-12-5-6(13-2)7-8(14-3)9(15-4)10(11)16-7/h6-9H,5H2,1-4H3/t6-,7-,8+,9+/m1/s1. The fourth-order valence-corrected chi connectivity index (χ4v) is 1.81. The Bertz CT molecular complexity index is 231. The van der Waals surface area contributed by atoms with Crippen molar-refractivity contribution in [1.82, 2.24) is 0 Å². The van der Waals surface area contributed by atoms with Gasteiger partial charge in [-0.3, -0.25) is 0 Å². The van der Waals surface area contributed by atoms with Gasteiger partial charge in [-0.15, -0.1) is 0 Å². The van der Waals surface area contributed by atoms with Gasteiger partial charge < -0.3 is 23.7 Å². The molecule has 0 N–H and O–H groups in total. The van der Waals surface area contributed by atoms with E-state index in [9.17, 15) is 4.79 Å². The Balaban J connectivity index is 2.75. The van der Waals surface area contributed by atoms with Crippen LogP contribution in [0.2, 0.25) is 0 Å². The molecule has 1 fully saturated rings. The molecule has 0 unspecified atom stereocenters. The molecule has 0 spiro atoms. The van der Waals surface area contributed by atoms with Crippen molar-refractivity contribution in [3.63, 3.8) is 0 Å². The molecule has 0 amide bonds. The number of methoxy groups -OCH3 is 4. The van der Waals surface area contributed by atoms with Gasteiger partial charge in [0, 0.05) is 28.4 Å². The zero-order valence-electron chi connectivity index (χ0n) is 9.97. The Morgan fingerprint density at radius 3 is 2.38 bits per heavy atom. The molecule has 1 saturated heterocycles. The summed E-state index contributed by atoms with van der Waals surface area (Å²) < 4.78 is 25.6. The molecule has 0 aliphatic carbocycles. The van der Waals surface area contributed by atoms with E-state index in [4.69, 9.17) is 23.7 Å². The minimum absolute atomic E-state index is 0.324. The quantitative estimate of drug-likeness (QED) is 0.583. The molecule has 0 aromatic heterocycles. The average molecular weight is 234 g/mol. The van der Waals surface area contributed by atoms with Gasteiger partial charge in [0.1, 0.15) is 12.2 Å². The Labute approximate surface area is 94.7 Å². The molecular weight excluding hydrogens is 216 g/mol. The summed E-state index contributed by atoms with van der Waals surface area (Å²) in [4.78, 5) is 11.5. The van der Waals surface area contributed by atoms with E-state index in [0.29, 0.717) is 6.61 Å². The van der Waals surface area contributed by atoms with Crippen molar-refractivity contribution >= 4 is 5.97 Å². The summed E-state index contributed by atoms with van der Waals surface area (Å²) in [5.41, 5.74) is 0. The van der Waals surface area contributed by atoms with E-state index in [1.54, 1.807) is 7.11 Å². The smallest absolute Gasteiger partial charge is 0.338 e. The summed E-state index contributed by atoms with van der Waals surface area (Å²) in [5, 5.41) is 0. The van der Waals surface area contributed by atoms with Gasteiger partial charge in [-0.1, -0.05) is 0 Å². The summed E-state index contributed by atoms with van der Waals surface area (Å²) in [6.07, 6.45) is -2.05. The maximum absolute atomic E-state index is 11.5. The largest absolute Gasteiger partial charge is 0.455 e. The molecule has 0 bridgehead atoms. The molecule has 4 atom stereocenters. The van der Waals surface area contributed by atoms with Gasteiger partial charge in [0.25, 0.3) is 0 Å². The molecule has 1 rings (SSSR count). The minimum Gasteiger partial charge on any atom is -0.455 e. The Morgan fingerprint density at radius 1 is 1.25 bits per heavy atom. The molecule has 6 nitrogen and oxygen atoms in total. The van der Waals surface area contributed by atoms with Crippen molar-refractivity contribution in [1.29, 1.82) is 0 Å². The first-order valence-electron chi connectivity index (χ1n) is 4.97. The van der Waals surface area contributed by atoms with Crippen molar-refractivity contribution in [2.24, 2.45) is 0 Å². The molecular formula is C10H18O6. The van der Waals surface area contributed by atoms with Crippen LogP contribution in [-0.2, 0) is 28.5 Å². The predicted octanol–water partition coefficient (Wildman–Crippen LogP) is -0.397. The van der Waals surface area contributed by atoms with Crippen LogP contribution in [0, 0.1) is 0 Å². The lowest BCUT2D eigenvalue weighted by molar-refractivity contribution is -0.153. The van der Waals surface area contributed by atoms with E-state index in [1.807, 2.05) is 0 Å². The van der Waals surface area contributed by atoms with Gasteiger partial charge in [0.15, 0.2) is 12.2 Å². The van der Waals surface area contributed by atoms with Crippen molar-refractivity contribution in [2.45, 2.75) is 24.4 Å². The van der Waals surface area contributed by atoms with Crippen LogP contribution in [-0.4, -0.2) is 65.4 Å². The van der Waals surface area contributed by atoms with Crippen LogP contribution < -0.4 is 0 Å². The fourth-order valence-electron chi connectivity index (χ4n) is 1.81. The van der Waals surface area contributed by atoms with E-state index >= 15 is 0 Å². The average Bonchev–Trinajstić information content (AvgIpc) is 2.61. The van der Waals surface area contributed by atoms with Gasteiger partial charge in [-0.05, 0) is 0 Å². The van der Waals surface area contributed by atoms with Crippen LogP contribution in [0.25, 0.3) is 0 Å². The Hall–Kier alpha value is -0.690. The topological polar surface area (TPSA) is 63.2 Å². The maximum Gasteiger partial charge on any atom is 0.338 e. The van der Waals surface area contributed by atoms with Crippen molar-refractivity contribution < 1.29 is 28.5 Å². The number of carbonyl (C=O) groups excluding carboxylic acids is 1. The fraction of sp³-hybridized carbons (Fsp3) is 0.900. The second kappa shape index (κ2) is 6.15. The first-order valence-corrected chi connectivity index (χ1v) is 4.97. The number of esters is 1. The van der Waals surface area contributed by atoms with E-state index in [2.05, 4.69) is 0 Å². The lowest BCUT2D eigenvalue weighted by Gasteiger charge is -2.25. The monoisotopic (exact) mass is 234 g/mol. The molecule has 1 aliphatic heterocycles. The Morgan fingerprint density at radius 2 is 1.94 bits per heavy atom. The van der Waals surface area contributed by atoms with E-state index < -0.39 is 24.3 Å². The highest BCUT2D eigenvalue weighted by Gasteiger charge is 2.49. The summed E-state index contributed by atoms with van der Waals surface area (Å²) >= 11 is 0. The Kier molecular flexibility index (Phi) is 5.14. The number of hydrogen-bond donors (Lipinski definition) is 0. The zero-order valence-corrected chi connectivity index (χ0v) is 9.97. The summed E-state index contributed by atoms with van der Waals surface area (Å²) in [7, 11) is 6.03. The molecule has 0 radical (unpaired) electrons. The second-order valence-electron chi connectivity index (χ2n) is 3.49. The van der Waals surface area contributed by atoms with Gasteiger partial charge >= 0.3 is 5.97 Å². The van der Waals surface area contributed by atoms with Gasteiger partial charge in [-0.25, -0.2) is 4.79 Å². The number of ether oxygens (including phenoxy) is 5. The number of cyclic esters (lactones) is 1. The molecule has 0 aromatic carbocycles. The van der Waals surface area contributed by atoms with Gasteiger partial charge in [-0.2, -0.15) is 0 Å². The lowest BCUT2D eigenvalue weighted by Crippen LogP contribution is -2.43. The van der Waals surface area contributed by atoms with Crippen LogP contribution in [0.1, 0.15) is 0 Å². The third-order valence-corrected chi connectivity index (χ3v) is 2.63. The third kappa shape index (κ3) is 2.52. The second-order valence-corrected chi connectivity index (χ2v) is 3.49. The van der Waals surface area contributed by atoms with Crippen molar-refractivity contribution in [2.75, 3.05) is 35.0 Å². The minimum atomic E-state index is -0.704. The number of carbonyl (C=O) groups is 1. The highest BCUT2D eigenvalue weighted by molar-refractivity contribution is 5.78. The predicted molar refractivity (Wildman–Crippen MR) is 54.1 cm³/mol. The van der Waals surface area contributed by atoms with Gasteiger partial charge in [0.2, 0.25) is 0 Å². The molecule has 16 heavy (non-hydrogen) atoms. The molecule has 1 heterocycles. The molecule has 0 saturated carbocycles. The lowest BCUT2D eigenvalue weighted by atomic mass is 10.1. The highest BCUT2D eigenvalue weighted by Crippen LogP contribution is 2.24. The van der Waals surface area contributed by atoms with Crippen molar-refractivity contribution in [3.8, 4) is 0 Å². The van der Waals surface area contributed by atoms with Crippen LogP contribution in [0.3, 0.4) is 0 Å². The number of hydrogen-bond acceptors (Lipinski definition) is 6. The third-order valence-electron chi connectivity index (χ3n) is 2.63. The van der Waals surface area contributed by atoms with Crippen LogP contribution in [0.5, 0.6) is 0 Å². The molecule has 94 valence electrons. The molecule has 1 aliphatic rings. The SMILES string of the molecule is COC[C@@H](OC)[C@H]1OC(=O)[C@@H](OC)[C@H]1OC. The first-order chi connectivity index (χ1) is 7.69. The van der Waals surface area contributed by atoms with Crippen LogP contribution in [0.4, 0.5) is 0 Å². The number of rotatable bonds is 6. The highest BCUT2D eigenvalue weighted by atomic mass is 16.6. The van der Waals surface area contributed by atoms with Gasteiger partial charge in [0.05, 0.1) is 6.61 Å². The summed E-state index contributed by atoms with van der Waals surface area (Å²) in [6, 6.07) is 0. The summed E-state index contributed by atoms with van der Waals surface area (Å²) in [6.45, 7) is 0.324. The normalized spacial score (nSPS) is 31.5. The summed E-state index contributed by atoms with van der Waals surface area (Å²) in [5.74, 6) is -0.433. The van der Waals surface area contributed by atoms with Crippen LogP contribution in [0.15, 0.2) is 0 Å². The van der Waals surface area contributed by atoms with Crippen LogP contribution >= 0.6 is 0 Å². The van der Waals surface area contributed by atoms with E-state index in [1.165, 1.54) is 21.3 Å². The zero-order chi connectivity index (χ0) is 12.1. The molecule has 6 heteroatoms. The molecule has 0 aromatic rings. The van der Waals surface area contributed by atoms with E-state index in [0.717, 1.165) is 0 Å². The first kappa shape index (κ1) is 13.4.